The Labute approximate surface area is 146 Å². The van der Waals surface area contributed by atoms with Gasteiger partial charge in [0.1, 0.15) is 5.78 Å². The lowest BCUT2D eigenvalue weighted by Crippen LogP contribution is -2.10. The molecule has 124 valence electrons. The third-order valence-electron chi connectivity index (χ3n) is 4.21. The smallest absolute Gasteiger partial charge is 0.218 e. The molecule has 2 heterocycles. The van der Waals surface area contributed by atoms with Gasteiger partial charge in [-0.1, -0.05) is 30.7 Å². The number of aliphatic imine (C=N–C) groups is 1. The number of ketones is 1. The zero-order chi connectivity index (χ0) is 17.1. The second-order valence-corrected chi connectivity index (χ2v) is 6.47. The Hall–Kier alpha value is -2.20. The van der Waals surface area contributed by atoms with Crippen LogP contribution in [0.2, 0.25) is 5.02 Å². The van der Waals surface area contributed by atoms with Crippen LogP contribution >= 0.6 is 11.6 Å². The van der Waals surface area contributed by atoms with Crippen LogP contribution in [0.4, 0.5) is 0 Å². The van der Waals surface area contributed by atoms with Gasteiger partial charge in [0.15, 0.2) is 0 Å². The van der Waals surface area contributed by atoms with Crippen LogP contribution in [-0.2, 0) is 22.5 Å². The van der Waals surface area contributed by atoms with Crippen molar-refractivity contribution in [3.05, 3.63) is 63.9 Å². The van der Waals surface area contributed by atoms with Crippen molar-refractivity contribution in [3.8, 4) is 0 Å². The number of benzene rings is 1. The van der Waals surface area contributed by atoms with Gasteiger partial charge in [-0.3, -0.25) is 9.78 Å². The Bertz CT molecular complexity index is 784. The van der Waals surface area contributed by atoms with Gasteiger partial charge in [-0.05, 0) is 35.2 Å². The molecule has 0 fully saturated rings. The average Bonchev–Trinajstić information content (AvgIpc) is 2.97. The summed E-state index contributed by atoms with van der Waals surface area (Å²) in [4.78, 5) is 21.0. The number of Topliss-reactive ketones (excluding diaryl/α,β-unsaturated/α-hetero) is 1. The predicted molar refractivity (Wildman–Crippen MR) is 94.7 cm³/mol. The van der Waals surface area contributed by atoms with Gasteiger partial charge in [-0.15, -0.1) is 0 Å². The first-order valence-electron chi connectivity index (χ1n) is 7.90. The van der Waals surface area contributed by atoms with Crippen molar-refractivity contribution >= 4 is 23.3 Å². The van der Waals surface area contributed by atoms with Crippen LogP contribution in [0.5, 0.6) is 0 Å². The molecule has 0 saturated carbocycles. The lowest BCUT2D eigenvalue weighted by molar-refractivity contribution is -0.118. The van der Waals surface area contributed by atoms with Gasteiger partial charge in [-0.25, -0.2) is 4.99 Å². The van der Waals surface area contributed by atoms with Crippen molar-refractivity contribution in [2.75, 3.05) is 7.11 Å². The van der Waals surface area contributed by atoms with Crippen LogP contribution in [0.3, 0.4) is 0 Å². The summed E-state index contributed by atoms with van der Waals surface area (Å²) in [5, 5.41) is 0.706. The van der Waals surface area contributed by atoms with Crippen molar-refractivity contribution in [2.24, 2.45) is 4.99 Å². The Morgan fingerprint density at radius 3 is 2.79 bits per heavy atom. The standard InChI is InChI=1S/C19H19ClN2O2/c1-12(13-3-5-15(20)6-4-13)7-17(23)9-16-8-14-10-22-19(24-2)18(14)11-21-16/h3-6,8,11-12H,7,9-10H2,1-2H3/t12-/m0/s1. The third-order valence-corrected chi connectivity index (χ3v) is 4.47. The Morgan fingerprint density at radius 1 is 1.33 bits per heavy atom. The number of halogens is 1. The molecule has 24 heavy (non-hydrogen) atoms. The first-order chi connectivity index (χ1) is 11.6. The number of nitrogens with zero attached hydrogens (tertiary/aromatic N) is 2. The van der Waals surface area contributed by atoms with Gasteiger partial charge in [0.2, 0.25) is 5.90 Å². The quantitative estimate of drug-likeness (QED) is 0.826. The van der Waals surface area contributed by atoms with Crippen LogP contribution < -0.4 is 0 Å². The average molecular weight is 343 g/mol. The molecule has 0 N–H and O–H groups in total. The molecule has 0 bridgehead atoms. The number of hydrogen-bond donors (Lipinski definition) is 0. The molecule has 0 saturated heterocycles. The van der Waals surface area contributed by atoms with Crippen LogP contribution in [0, 0.1) is 0 Å². The van der Waals surface area contributed by atoms with E-state index in [1.807, 2.05) is 30.3 Å². The predicted octanol–water partition coefficient (Wildman–Crippen LogP) is 3.95. The van der Waals surface area contributed by atoms with E-state index >= 15 is 0 Å². The van der Waals surface area contributed by atoms with Crippen LogP contribution in [0.25, 0.3) is 0 Å². The van der Waals surface area contributed by atoms with Gasteiger partial charge in [-0.2, -0.15) is 0 Å². The summed E-state index contributed by atoms with van der Waals surface area (Å²) in [5.74, 6) is 0.954. The second-order valence-electron chi connectivity index (χ2n) is 6.03. The maximum atomic E-state index is 12.4. The molecular formula is C19H19ClN2O2. The van der Waals surface area contributed by atoms with E-state index in [0.29, 0.717) is 30.3 Å². The highest BCUT2D eigenvalue weighted by molar-refractivity contribution is 6.30. The minimum atomic E-state index is 0.160. The van der Waals surface area contributed by atoms with Crippen molar-refractivity contribution < 1.29 is 9.53 Å². The van der Waals surface area contributed by atoms with E-state index in [1.165, 1.54) is 0 Å². The monoisotopic (exact) mass is 342 g/mol. The largest absolute Gasteiger partial charge is 0.481 e. The second kappa shape index (κ2) is 7.14. The highest BCUT2D eigenvalue weighted by Crippen LogP contribution is 2.23. The summed E-state index contributed by atoms with van der Waals surface area (Å²) >= 11 is 5.90. The summed E-state index contributed by atoms with van der Waals surface area (Å²) in [6.45, 7) is 2.64. The van der Waals surface area contributed by atoms with Crippen molar-refractivity contribution in [2.45, 2.75) is 32.2 Å². The van der Waals surface area contributed by atoms with E-state index in [4.69, 9.17) is 16.3 Å². The molecule has 4 nitrogen and oxygen atoms in total. The van der Waals surface area contributed by atoms with Gasteiger partial charge in [0.25, 0.3) is 0 Å². The fraction of sp³-hybridized carbons (Fsp3) is 0.316. The molecular weight excluding hydrogens is 324 g/mol. The number of ether oxygens (including phenoxy) is 1. The summed E-state index contributed by atoms with van der Waals surface area (Å²) < 4.78 is 5.20. The van der Waals surface area contributed by atoms with E-state index in [9.17, 15) is 4.79 Å². The molecule has 0 spiro atoms. The van der Waals surface area contributed by atoms with E-state index in [-0.39, 0.29) is 11.7 Å². The number of hydrogen-bond acceptors (Lipinski definition) is 4. The Morgan fingerprint density at radius 2 is 2.08 bits per heavy atom. The maximum absolute atomic E-state index is 12.4. The number of carbonyl (C=O) groups excluding carboxylic acids is 1. The maximum Gasteiger partial charge on any atom is 0.218 e. The Balaban J connectivity index is 1.62. The van der Waals surface area contributed by atoms with Crippen LogP contribution in [-0.4, -0.2) is 23.8 Å². The van der Waals surface area contributed by atoms with Crippen LogP contribution in [0.1, 0.15) is 41.6 Å². The molecule has 0 unspecified atom stereocenters. The van der Waals surface area contributed by atoms with Gasteiger partial charge >= 0.3 is 0 Å². The summed E-state index contributed by atoms with van der Waals surface area (Å²) in [6.07, 6.45) is 2.57. The number of aromatic nitrogens is 1. The van der Waals surface area contributed by atoms with E-state index in [2.05, 4.69) is 16.9 Å². The first kappa shape index (κ1) is 16.7. The number of pyridine rings is 1. The SMILES string of the molecule is COC1=NCc2cc(CC(=O)C[C@H](C)c3ccc(Cl)cc3)ncc21. The summed E-state index contributed by atoms with van der Waals surface area (Å²) in [5.41, 5.74) is 3.89. The molecule has 0 amide bonds. The summed E-state index contributed by atoms with van der Waals surface area (Å²) in [6, 6.07) is 9.60. The van der Waals surface area contributed by atoms with Gasteiger partial charge in [0.05, 0.1) is 19.2 Å². The van der Waals surface area contributed by atoms with Crippen molar-refractivity contribution in [3.63, 3.8) is 0 Å². The molecule has 0 aliphatic carbocycles. The fourth-order valence-electron chi connectivity index (χ4n) is 2.91. The highest BCUT2D eigenvalue weighted by Gasteiger charge is 2.19. The lowest BCUT2D eigenvalue weighted by atomic mass is 9.94. The molecule has 5 heteroatoms. The van der Waals surface area contributed by atoms with Crippen LogP contribution in [0.15, 0.2) is 41.5 Å². The molecule has 2 aromatic rings. The molecule has 1 aliphatic heterocycles. The summed E-state index contributed by atoms with van der Waals surface area (Å²) in [7, 11) is 1.60. The number of rotatable bonds is 5. The molecule has 1 aliphatic rings. The molecule has 3 rings (SSSR count). The van der Waals surface area contributed by atoms with Crippen molar-refractivity contribution in [1.29, 1.82) is 0 Å². The minimum Gasteiger partial charge on any atom is -0.481 e. The molecule has 1 atom stereocenters. The van der Waals surface area contributed by atoms with E-state index in [1.54, 1.807) is 13.3 Å². The first-order valence-corrected chi connectivity index (χ1v) is 8.28. The number of fused-ring (bicyclic) bond motifs is 1. The highest BCUT2D eigenvalue weighted by atomic mass is 35.5. The fourth-order valence-corrected chi connectivity index (χ4v) is 3.03. The number of carbonyl (C=O) groups is 1. The minimum absolute atomic E-state index is 0.160. The van der Waals surface area contributed by atoms with E-state index in [0.717, 1.165) is 22.4 Å². The lowest BCUT2D eigenvalue weighted by Gasteiger charge is -2.11. The van der Waals surface area contributed by atoms with Gasteiger partial charge < -0.3 is 4.74 Å². The Kier molecular flexibility index (Phi) is 4.95. The van der Waals surface area contributed by atoms with Gasteiger partial charge in [0, 0.05) is 29.8 Å². The normalized spacial score (nSPS) is 14.0. The third kappa shape index (κ3) is 3.65. The zero-order valence-electron chi connectivity index (χ0n) is 13.8. The molecule has 0 radical (unpaired) electrons. The van der Waals surface area contributed by atoms with E-state index < -0.39 is 0 Å². The topological polar surface area (TPSA) is 51.5 Å². The molecule has 1 aromatic heterocycles. The number of methoxy groups -OCH3 is 1. The van der Waals surface area contributed by atoms with Crippen molar-refractivity contribution in [1.82, 2.24) is 4.98 Å². The molecule has 1 aromatic carbocycles. The zero-order valence-corrected chi connectivity index (χ0v) is 14.5.